The lowest BCUT2D eigenvalue weighted by molar-refractivity contribution is -0.158. The van der Waals surface area contributed by atoms with Crippen LogP contribution in [0.3, 0.4) is 0 Å². The van der Waals surface area contributed by atoms with Crippen LogP contribution < -0.4 is 11.1 Å². The van der Waals surface area contributed by atoms with Gasteiger partial charge >= 0.3 is 18.0 Å². The molecule has 1 amide bonds. The van der Waals surface area contributed by atoms with Crippen LogP contribution in [0.15, 0.2) is 48.5 Å². The van der Waals surface area contributed by atoms with Crippen LogP contribution in [-0.4, -0.2) is 57.1 Å². The number of phenols is 2. The molecule has 2 aromatic rings. The predicted octanol–water partition coefficient (Wildman–Crippen LogP) is 4.77. The fourth-order valence-corrected chi connectivity index (χ4v) is 3.23. The standard InChI is InChI=1S/C18H27NO5.C13H19NO3/c1-17(2,3)23-15(21)14(19-16(22)24-18(4,5)6)11-12-7-9-13(20)10-8-12;1-13(2,3)17-12(16)11(14)8-9-4-6-10(15)7-5-9/h7-10,14,20H,11H2,1-6H3,(H,19,22);4-7,11,15H,8,14H2,1-3H3/t14-;11-/m00/s1. The minimum absolute atomic E-state index is 0.132. The van der Waals surface area contributed by atoms with Crippen LogP contribution in [0.2, 0.25) is 0 Å². The molecule has 41 heavy (non-hydrogen) atoms. The van der Waals surface area contributed by atoms with Crippen molar-refractivity contribution in [1.29, 1.82) is 0 Å². The second-order valence-electron chi connectivity index (χ2n) is 12.6. The summed E-state index contributed by atoms with van der Waals surface area (Å²) in [5.41, 5.74) is 5.57. The molecular formula is C31H46N2O8. The van der Waals surface area contributed by atoms with E-state index in [4.69, 9.17) is 25.1 Å². The molecular weight excluding hydrogens is 528 g/mol. The minimum Gasteiger partial charge on any atom is -0.508 e. The van der Waals surface area contributed by atoms with Crippen molar-refractivity contribution in [2.45, 2.75) is 104 Å². The molecule has 5 N–H and O–H groups in total. The van der Waals surface area contributed by atoms with Gasteiger partial charge < -0.3 is 35.5 Å². The number of alkyl carbamates (subject to hydrolysis) is 1. The number of carbonyl (C=O) groups excluding carboxylic acids is 3. The highest BCUT2D eigenvalue weighted by Gasteiger charge is 2.29. The van der Waals surface area contributed by atoms with Gasteiger partial charge in [-0.2, -0.15) is 0 Å². The lowest BCUT2D eigenvalue weighted by Crippen LogP contribution is -2.47. The smallest absolute Gasteiger partial charge is 0.408 e. The molecule has 0 aliphatic heterocycles. The first-order valence-corrected chi connectivity index (χ1v) is 13.4. The van der Waals surface area contributed by atoms with Crippen molar-refractivity contribution in [3.63, 3.8) is 0 Å². The van der Waals surface area contributed by atoms with Gasteiger partial charge in [0.15, 0.2) is 0 Å². The molecule has 0 saturated carbocycles. The van der Waals surface area contributed by atoms with Crippen molar-refractivity contribution in [2.24, 2.45) is 5.73 Å². The van der Waals surface area contributed by atoms with E-state index in [1.165, 1.54) is 12.1 Å². The van der Waals surface area contributed by atoms with Crippen molar-refractivity contribution in [1.82, 2.24) is 5.32 Å². The van der Waals surface area contributed by atoms with Gasteiger partial charge in [0.1, 0.15) is 40.4 Å². The lowest BCUT2D eigenvalue weighted by Gasteiger charge is -2.26. The number of nitrogens with two attached hydrogens (primary N) is 1. The number of nitrogens with one attached hydrogen (secondary N) is 1. The highest BCUT2D eigenvalue weighted by molar-refractivity contribution is 5.82. The topological polar surface area (TPSA) is 157 Å². The normalized spacial score (nSPS) is 13.1. The number of carbonyl (C=O) groups is 3. The van der Waals surface area contributed by atoms with E-state index in [2.05, 4.69) is 5.32 Å². The molecule has 2 atom stereocenters. The van der Waals surface area contributed by atoms with Gasteiger partial charge in [0.05, 0.1) is 0 Å². The minimum atomic E-state index is -0.886. The number of rotatable bonds is 7. The highest BCUT2D eigenvalue weighted by atomic mass is 16.6. The summed E-state index contributed by atoms with van der Waals surface area (Å²) in [4.78, 5) is 36.0. The van der Waals surface area contributed by atoms with Gasteiger partial charge in [-0.1, -0.05) is 24.3 Å². The molecule has 0 heterocycles. The maximum absolute atomic E-state index is 12.4. The number of ether oxygens (including phenoxy) is 3. The molecule has 0 aliphatic carbocycles. The Balaban J connectivity index is 0.000000435. The van der Waals surface area contributed by atoms with Gasteiger partial charge in [-0.3, -0.25) is 4.79 Å². The third kappa shape index (κ3) is 16.2. The SMILES string of the molecule is CC(C)(C)OC(=O)N[C@@H](Cc1ccc(O)cc1)C(=O)OC(C)(C)C.CC(C)(C)OC(=O)[C@@H](N)Cc1ccc(O)cc1. The zero-order valence-electron chi connectivity index (χ0n) is 25.6. The van der Waals surface area contributed by atoms with E-state index in [-0.39, 0.29) is 17.9 Å². The molecule has 0 spiro atoms. The summed E-state index contributed by atoms with van der Waals surface area (Å²) in [6.07, 6.45) is -0.0546. The number of hydrogen-bond acceptors (Lipinski definition) is 9. The lowest BCUT2D eigenvalue weighted by atomic mass is 10.1. The van der Waals surface area contributed by atoms with E-state index in [1.54, 1.807) is 98.7 Å². The Kier molecular flexibility index (Phi) is 12.7. The van der Waals surface area contributed by atoms with Crippen LogP contribution in [0.1, 0.15) is 73.4 Å². The van der Waals surface area contributed by atoms with E-state index in [0.29, 0.717) is 6.42 Å². The number of benzene rings is 2. The molecule has 228 valence electrons. The van der Waals surface area contributed by atoms with Crippen LogP contribution in [0.25, 0.3) is 0 Å². The summed E-state index contributed by atoms with van der Waals surface area (Å²) in [6.45, 7) is 15.9. The largest absolute Gasteiger partial charge is 0.508 e. The molecule has 2 aromatic carbocycles. The average molecular weight is 575 g/mol. The number of aromatic hydroxyl groups is 2. The van der Waals surface area contributed by atoms with Crippen molar-refractivity contribution in [3.8, 4) is 11.5 Å². The number of amides is 1. The number of hydrogen-bond donors (Lipinski definition) is 4. The van der Waals surface area contributed by atoms with Crippen LogP contribution in [0.4, 0.5) is 4.79 Å². The number of esters is 2. The zero-order valence-corrected chi connectivity index (χ0v) is 25.6. The number of phenolic OH excluding ortho intramolecular Hbond substituents is 2. The van der Waals surface area contributed by atoms with E-state index < -0.39 is 46.9 Å². The molecule has 0 saturated heterocycles. The van der Waals surface area contributed by atoms with Crippen LogP contribution in [-0.2, 0) is 36.6 Å². The van der Waals surface area contributed by atoms with Gasteiger partial charge in [-0.15, -0.1) is 0 Å². The average Bonchev–Trinajstić information content (AvgIpc) is 2.78. The van der Waals surface area contributed by atoms with Gasteiger partial charge in [-0.25, -0.2) is 9.59 Å². The molecule has 0 unspecified atom stereocenters. The van der Waals surface area contributed by atoms with Crippen molar-refractivity contribution >= 4 is 18.0 Å². The van der Waals surface area contributed by atoms with E-state index in [9.17, 15) is 19.5 Å². The Morgan fingerprint density at radius 2 is 1.02 bits per heavy atom. The molecule has 0 fully saturated rings. The first kappa shape index (κ1) is 35.2. The second kappa shape index (κ2) is 14.7. The van der Waals surface area contributed by atoms with Crippen molar-refractivity contribution in [2.75, 3.05) is 0 Å². The first-order valence-electron chi connectivity index (χ1n) is 13.4. The third-order valence-electron chi connectivity index (χ3n) is 4.86. The van der Waals surface area contributed by atoms with Crippen molar-refractivity contribution < 1.29 is 38.8 Å². The first-order chi connectivity index (χ1) is 18.6. The summed E-state index contributed by atoms with van der Waals surface area (Å²) in [7, 11) is 0. The Bertz CT molecular complexity index is 1130. The summed E-state index contributed by atoms with van der Waals surface area (Å²) in [5.74, 6) is -0.626. The molecule has 0 aromatic heterocycles. The molecule has 0 radical (unpaired) electrons. The van der Waals surface area contributed by atoms with Crippen LogP contribution in [0, 0.1) is 0 Å². The van der Waals surface area contributed by atoms with Gasteiger partial charge in [-0.05, 0) is 104 Å². The molecule has 2 rings (SSSR count). The molecule has 0 bridgehead atoms. The van der Waals surface area contributed by atoms with Gasteiger partial charge in [0, 0.05) is 6.42 Å². The Hall–Kier alpha value is -3.79. The predicted molar refractivity (Wildman–Crippen MR) is 156 cm³/mol. The zero-order chi connectivity index (χ0) is 31.6. The summed E-state index contributed by atoms with van der Waals surface area (Å²) in [6, 6.07) is 11.5. The second-order valence-corrected chi connectivity index (χ2v) is 12.6. The Labute approximate surface area is 243 Å². The maximum Gasteiger partial charge on any atom is 0.408 e. The monoisotopic (exact) mass is 574 g/mol. The van der Waals surface area contributed by atoms with E-state index >= 15 is 0 Å². The van der Waals surface area contributed by atoms with Crippen molar-refractivity contribution in [3.05, 3.63) is 59.7 Å². The summed E-state index contributed by atoms with van der Waals surface area (Å²) >= 11 is 0. The van der Waals surface area contributed by atoms with E-state index in [1.807, 2.05) is 0 Å². The van der Waals surface area contributed by atoms with Crippen LogP contribution >= 0.6 is 0 Å². The Morgan fingerprint density at radius 1 is 0.659 bits per heavy atom. The van der Waals surface area contributed by atoms with Crippen LogP contribution in [0.5, 0.6) is 11.5 Å². The Morgan fingerprint density at radius 3 is 1.41 bits per heavy atom. The highest BCUT2D eigenvalue weighted by Crippen LogP contribution is 2.16. The molecule has 10 nitrogen and oxygen atoms in total. The maximum atomic E-state index is 12.4. The molecule has 0 aliphatic rings. The van der Waals surface area contributed by atoms with Gasteiger partial charge in [0.25, 0.3) is 0 Å². The summed E-state index contributed by atoms with van der Waals surface area (Å²) in [5, 5.41) is 21.0. The van der Waals surface area contributed by atoms with Gasteiger partial charge in [0.2, 0.25) is 0 Å². The van der Waals surface area contributed by atoms with E-state index in [0.717, 1.165) is 11.1 Å². The quantitative estimate of drug-likeness (QED) is 0.270. The fourth-order valence-electron chi connectivity index (χ4n) is 3.23. The molecule has 10 heteroatoms. The fraction of sp³-hybridized carbons (Fsp3) is 0.516. The third-order valence-corrected chi connectivity index (χ3v) is 4.86. The summed E-state index contributed by atoms with van der Waals surface area (Å²) < 4.78 is 15.8.